The summed E-state index contributed by atoms with van der Waals surface area (Å²) in [7, 11) is 0. The molecule has 6 heteroatoms. The molecule has 0 atom stereocenters. The maximum Gasteiger partial charge on any atom is 0.241 e. The first-order valence-corrected chi connectivity index (χ1v) is 8.43. The van der Waals surface area contributed by atoms with Crippen molar-refractivity contribution in [2.75, 3.05) is 39.4 Å². The summed E-state index contributed by atoms with van der Waals surface area (Å²) in [4.78, 5) is 14.4. The van der Waals surface area contributed by atoms with Crippen molar-refractivity contribution in [2.45, 2.75) is 38.6 Å². The van der Waals surface area contributed by atoms with Gasteiger partial charge in [0, 0.05) is 25.8 Å². The lowest BCUT2D eigenvalue weighted by Gasteiger charge is -2.26. The van der Waals surface area contributed by atoms with Crippen LogP contribution in [-0.4, -0.2) is 60.0 Å². The molecule has 2 aliphatic rings. The summed E-state index contributed by atoms with van der Waals surface area (Å²) in [5, 5.41) is 7.52. The summed E-state index contributed by atoms with van der Waals surface area (Å²) in [6.07, 6.45) is 7.66. The third-order valence-corrected chi connectivity index (χ3v) is 4.42. The van der Waals surface area contributed by atoms with E-state index in [1.165, 1.54) is 24.1 Å². The molecule has 0 radical (unpaired) electrons. The number of fused-ring (bicyclic) bond motifs is 1. The van der Waals surface area contributed by atoms with Crippen LogP contribution in [-0.2, 0) is 28.9 Å². The number of aromatic nitrogens is 2. The van der Waals surface area contributed by atoms with Gasteiger partial charge in [0.2, 0.25) is 5.91 Å². The van der Waals surface area contributed by atoms with Gasteiger partial charge in [-0.2, -0.15) is 5.10 Å². The van der Waals surface area contributed by atoms with Crippen LogP contribution in [0.1, 0.15) is 30.5 Å². The number of hydrogen-bond acceptors (Lipinski definition) is 4. The van der Waals surface area contributed by atoms with E-state index in [1.807, 2.05) is 6.20 Å². The Hall–Kier alpha value is -1.40. The van der Waals surface area contributed by atoms with E-state index in [0.29, 0.717) is 6.54 Å². The molecule has 1 aliphatic carbocycles. The molecular formula is C16H26N4O2. The fourth-order valence-corrected chi connectivity index (χ4v) is 3.17. The van der Waals surface area contributed by atoms with Crippen LogP contribution in [0.15, 0.2) is 6.20 Å². The van der Waals surface area contributed by atoms with Gasteiger partial charge in [0.1, 0.15) is 6.54 Å². The zero-order chi connectivity index (χ0) is 15.2. The molecule has 0 unspecified atom stereocenters. The Kier molecular flexibility index (Phi) is 5.45. The van der Waals surface area contributed by atoms with Gasteiger partial charge in [-0.05, 0) is 44.2 Å². The minimum Gasteiger partial charge on any atom is -0.379 e. The number of ether oxygens (including phenoxy) is 1. The van der Waals surface area contributed by atoms with Crippen molar-refractivity contribution in [1.82, 2.24) is 20.0 Å². The van der Waals surface area contributed by atoms with Gasteiger partial charge in [-0.25, -0.2) is 0 Å². The van der Waals surface area contributed by atoms with Crippen LogP contribution in [0, 0.1) is 0 Å². The molecule has 1 N–H and O–H groups in total. The van der Waals surface area contributed by atoms with Crippen LogP contribution < -0.4 is 5.32 Å². The zero-order valence-electron chi connectivity index (χ0n) is 13.2. The topological polar surface area (TPSA) is 59.4 Å². The number of morpholine rings is 1. The second-order valence-electron chi connectivity index (χ2n) is 6.16. The van der Waals surface area contributed by atoms with Crippen molar-refractivity contribution >= 4 is 5.91 Å². The number of amides is 1. The van der Waals surface area contributed by atoms with E-state index in [0.717, 1.165) is 58.7 Å². The van der Waals surface area contributed by atoms with Gasteiger partial charge < -0.3 is 10.1 Å². The molecule has 22 heavy (non-hydrogen) atoms. The number of carbonyl (C=O) groups is 1. The van der Waals surface area contributed by atoms with Crippen molar-refractivity contribution in [3.05, 3.63) is 17.5 Å². The molecule has 6 nitrogen and oxygen atoms in total. The predicted molar refractivity (Wildman–Crippen MR) is 83.8 cm³/mol. The molecule has 0 bridgehead atoms. The quantitative estimate of drug-likeness (QED) is 0.782. The molecule has 1 fully saturated rings. The van der Waals surface area contributed by atoms with Crippen molar-refractivity contribution in [2.24, 2.45) is 0 Å². The van der Waals surface area contributed by atoms with Crippen molar-refractivity contribution in [1.29, 1.82) is 0 Å². The second kappa shape index (κ2) is 7.74. The Bertz CT molecular complexity index is 471. The summed E-state index contributed by atoms with van der Waals surface area (Å²) in [6, 6.07) is 0. The monoisotopic (exact) mass is 306 g/mol. The van der Waals surface area contributed by atoms with Gasteiger partial charge >= 0.3 is 0 Å². The molecule has 3 rings (SSSR count). The van der Waals surface area contributed by atoms with E-state index in [2.05, 4.69) is 15.3 Å². The van der Waals surface area contributed by atoms with E-state index in [4.69, 9.17) is 4.74 Å². The lowest BCUT2D eigenvalue weighted by molar-refractivity contribution is -0.121. The minimum absolute atomic E-state index is 0.0572. The van der Waals surface area contributed by atoms with Gasteiger partial charge in [-0.15, -0.1) is 0 Å². The Morgan fingerprint density at radius 3 is 2.91 bits per heavy atom. The summed E-state index contributed by atoms with van der Waals surface area (Å²) < 4.78 is 7.12. The number of nitrogens with one attached hydrogen (secondary N) is 1. The van der Waals surface area contributed by atoms with Crippen LogP contribution in [0.25, 0.3) is 0 Å². The average Bonchev–Trinajstić information content (AvgIpc) is 2.94. The Labute approximate surface area is 131 Å². The first-order valence-electron chi connectivity index (χ1n) is 8.43. The SMILES string of the molecule is O=C(Cn1cc2c(n1)CCCC2)NCCCN1CCOCC1. The molecule has 1 saturated heterocycles. The second-order valence-corrected chi connectivity index (χ2v) is 6.16. The van der Waals surface area contributed by atoms with Crippen LogP contribution in [0.3, 0.4) is 0 Å². The molecule has 1 aromatic heterocycles. The maximum absolute atomic E-state index is 12.0. The van der Waals surface area contributed by atoms with Crippen molar-refractivity contribution in [3.8, 4) is 0 Å². The number of nitrogens with zero attached hydrogens (tertiary/aromatic N) is 3. The van der Waals surface area contributed by atoms with Crippen LogP contribution in [0.5, 0.6) is 0 Å². The Morgan fingerprint density at radius 1 is 1.27 bits per heavy atom. The van der Waals surface area contributed by atoms with Gasteiger partial charge in [-0.3, -0.25) is 14.4 Å². The van der Waals surface area contributed by atoms with Gasteiger partial charge in [0.15, 0.2) is 0 Å². The van der Waals surface area contributed by atoms with Crippen molar-refractivity contribution in [3.63, 3.8) is 0 Å². The molecular weight excluding hydrogens is 280 g/mol. The maximum atomic E-state index is 12.0. The standard InChI is InChI=1S/C16H26N4O2/c21-16(17-6-3-7-19-8-10-22-11-9-19)13-20-12-14-4-1-2-5-15(14)18-20/h12H,1-11,13H2,(H,17,21). The Balaban J connectivity index is 1.34. The van der Waals surface area contributed by atoms with E-state index in [-0.39, 0.29) is 5.91 Å². The lowest BCUT2D eigenvalue weighted by Crippen LogP contribution is -2.38. The van der Waals surface area contributed by atoms with Gasteiger partial charge in [0.05, 0.1) is 18.9 Å². The summed E-state index contributed by atoms with van der Waals surface area (Å²) in [6.45, 7) is 5.77. The van der Waals surface area contributed by atoms with Gasteiger partial charge in [0.25, 0.3) is 0 Å². The third kappa shape index (κ3) is 4.30. The zero-order valence-corrected chi connectivity index (χ0v) is 13.2. The minimum atomic E-state index is 0.0572. The number of hydrogen-bond donors (Lipinski definition) is 1. The highest BCUT2D eigenvalue weighted by Gasteiger charge is 2.14. The molecule has 122 valence electrons. The first kappa shape index (κ1) is 15.5. The van der Waals surface area contributed by atoms with E-state index >= 15 is 0 Å². The first-order chi connectivity index (χ1) is 10.8. The molecule has 2 heterocycles. The molecule has 1 aliphatic heterocycles. The van der Waals surface area contributed by atoms with Crippen LogP contribution in [0.4, 0.5) is 0 Å². The number of rotatable bonds is 6. The largest absolute Gasteiger partial charge is 0.379 e. The fraction of sp³-hybridized carbons (Fsp3) is 0.750. The normalized spacial score (nSPS) is 18.9. The number of carbonyl (C=O) groups excluding carboxylic acids is 1. The summed E-state index contributed by atoms with van der Waals surface area (Å²) >= 11 is 0. The highest BCUT2D eigenvalue weighted by atomic mass is 16.5. The molecule has 1 amide bonds. The highest BCUT2D eigenvalue weighted by molar-refractivity contribution is 5.75. The van der Waals surface area contributed by atoms with E-state index < -0.39 is 0 Å². The van der Waals surface area contributed by atoms with Crippen LogP contribution >= 0.6 is 0 Å². The predicted octanol–water partition coefficient (Wildman–Crippen LogP) is 0.600. The third-order valence-electron chi connectivity index (χ3n) is 4.42. The molecule has 0 aromatic carbocycles. The highest BCUT2D eigenvalue weighted by Crippen LogP contribution is 2.19. The van der Waals surface area contributed by atoms with Gasteiger partial charge in [-0.1, -0.05) is 0 Å². The van der Waals surface area contributed by atoms with Crippen molar-refractivity contribution < 1.29 is 9.53 Å². The summed E-state index contributed by atoms with van der Waals surface area (Å²) in [5.74, 6) is 0.0572. The lowest BCUT2D eigenvalue weighted by atomic mass is 9.99. The average molecular weight is 306 g/mol. The number of aryl methyl sites for hydroxylation is 2. The molecule has 0 saturated carbocycles. The molecule has 0 spiro atoms. The Morgan fingerprint density at radius 2 is 2.09 bits per heavy atom. The summed E-state index contributed by atoms with van der Waals surface area (Å²) in [5.41, 5.74) is 2.51. The van der Waals surface area contributed by atoms with Crippen LogP contribution in [0.2, 0.25) is 0 Å². The fourth-order valence-electron chi connectivity index (χ4n) is 3.17. The van der Waals surface area contributed by atoms with E-state index in [1.54, 1.807) is 4.68 Å². The van der Waals surface area contributed by atoms with E-state index in [9.17, 15) is 4.79 Å². The smallest absolute Gasteiger partial charge is 0.241 e. The molecule has 1 aromatic rings.